The third kappa shape index (κ3) is 163. The van der Waals surface area contributed by atoms with Crippen LogP contribution in [0.25, 0.3) is 0 Å². The molecule has 0 heterocycles. The molecule has 0 saturated carbocycles. The summed E-state index contributed by atoms with van der Waals surface area (Å²) in [6.07, 6.45) is 0. The van der Waals surface area contributed by atoms with Crippen LogP contribution < -0.4 is 0 Å². The molecule has 0 amide bonds. The normalized spacial score (nSPS) is 7.38. The molecule has 0 unspecified atom stereocenters. The van der Waals surface area contributed by atoms with Gasteiger partial charge in [0.15, 0.2) is 0 Å². The van der Waals surface area contributed by atoms with Crippen LogP contribution in [0, 0.1) is 0 Å². The van der Waals surface area contributed by atoms with Crippen molar-refractivity contribution < 1.29 is 19.2 Å². The Morgan fingerprint density at radius 3 is 1.12 bits per heavy atom. The molecular weight excluding hydrogens is 169 g/mol. The average Bonchev–Trinajstić information content (AvgIpc) is 0.722. The molecule has 0 aliphatic heterocycles. The van der Waals surface area contributed by atoms with E-state index in [9.17, 15) is 0 Å². The van der Waals surface area contributed by atoms with E-state index in [4.69, 9.17) is 19.2 Å². The molecule has 8 heavy (non-hydrogen) atoms. The Morgan fingerprint density at radius 2 is 1.12 bits per heavy atom. The van der Waals surface area contributed by atoms with Crippen molar-refractivity contribution in [2.75, 3.05) is 0 Å². The van der Waals surface area contributed by atoms with E-state index >= 15 is 0 Å². The number of halogens is 1. The third-order valence-electron chi connectivity index (χ3n) is 0. The van der Waals surface area contributed by atoms with Gasteiger partial charge in [-0.15, -0.1) is 12.4 Å². The van der Waals surface area contributed by atoms with Crippen LogP contribution in [0.3, 0.4) is 0 Å². The first kappa shape index (κ1) is 22.8. The molecule has 4 nitrogen and oxygen atoms in total. The van der Waals surface area contributed by atoms with Gasteiger partial charge in [0, 0.05) is 0 Å². The molecule has 0 aliphatic carbocycles. The van der Waals surface area contributed by atoms with E-state index in [1.807, 2.05) is 0 Å². The predicted octanol–water partition coefficient (Wildman–Crippen LogP) is -1.04. The maximum atomic E-state index is 8.88. The molecule has 0 atom stereocenters. The van der Waals surface area contributed by atoms with Gasteiger partial charge in [-0.25, -0.2) is 4.57 Å². The van der Waals surface area contributed by atoms with Crippen molar-refractivity contribution in [3.63, 3.8) is 0 Å². The molecule has 50 valence electrons. The molecule has 0 bridgehead atoms. The van der Waals surface area contributed by atoms with Gasteiger partial charge in [0.25, 0.3) is 0 Å². The summed E-state index contributed by atoms with van der Waals surface area (Å²) in [4.78, 5) is 21.6. The van der Waals surface area contributed by atoms with Crippen molar-refractivity contribution in [2.24, 2.45) is 0 Å². The first-order valence-electron chi connectivity index (χ1n) is 0.783. The second-order valence-electron chi connectivity index (χ2n) is 0.513. The van der Waals surface area contributed by atoms with Gasteiger partial charge in [-0.2, -0.15) is 13.5 Å². The third-order valence-corrected chi connectivity index (χ3v) is 0. The van der Waals surface area contributed by atoms with Gasteiger partial charge in [-0.05, 0) is 0 Å². The van der Waals surface area contributed by atoms with Crippen LogP contribution in [0.15, 0.2) is 0 Å². The van der Waals surface area contributed by atoms with Crippen molar-refractivity contribution in [1.82, 2.24) is 0 Å². The van der Waals surface area contributed by atoms with Crippen LogP contribution in [0.4, 0.5) is 0 Å². The van der Waals surface area contributed by atoms with Crippen molar-refractivity contribution in [3.8, 4) is 0 Å². The zero-order valence-corrected chi connectivity index (χ0v) is 5.82. The fourth-order valence-corrected chi connectivity index (χ4v) is 0. The Hall–Kier alpha value is 1.35. The Balaban J connectivity index is -0.0000000267. The molecular formula is H7ClLiO4PS. The summed E-state index contributed by atoms with van der Waals surface area (Å²) in [7, 11) is -4.64. The summed E-state index contributed by atoms with van der Waals surface area (Å²) in [6, 6.07) is 0. The van der Waals surface area contributed by atoms with Gasteiger partial charge in [0.2, 0.25) is 0 Å². The SMILES string of the molecule is Cl.O=P(O)(O)O.S.[LiH]. The van der Waals surface area contributed by atoms with Gasteiger partial charge in [0.1, 0.15) is 0 Å². The molecule has 0 fully saturated rings. The van der Waals surface area contributed by atoms with E-state index < -0.39 is 7.82 Å². The van der Waals surface area contributed by atoms with E-state index in [2.05, 4.69) is 0 Å². The second kappa shape index (κ2) is 8.35. The fourth-order valence-electron chi connectivity index (χ4n) is 0. The quantitative estimate of drug-likeness (QED) is 0.325. The molecule has 0 aromatic carbocycles. The summed E-state index contributed by atoms with van der Waals surface area (Å²) in [5.41, 5.74) is 0. The Bertz CT molecular complexity index is 62.2. The van der Waals surface area contributed by atoms with Crippen molar-refractivity contribution in [3.05, 3.63) is 0 Å². The van der Waals surface area contributed by atoms with E-state index in [-0.39, 0.29) is 44.8 Å². The molecule has 8 heteroatoms. The van der Waals surface area contributed by atoms with E-state index in [1.54, 1.807) is 0 Å². The number of rotatable bonds is 0. The van der Waals surface area contributed by atoms with Crippen LogP contribution in [-0.2, 0) is 4.57 Å². The molecule has 0 radical (unpaired) electrons. The molecule has 0 aromatic heterocycles. The zero-order valence-electron chi connectivity index (χ0n) is 3.11. The molecule has 0 rings (SSSR count). The van der Waals surface area contributed by atoms with Crippen molar-refractivity contribution in [1.29, 1.82) is 0 Å². The molecule has 0 saturated heterocycles. The van der Waals surface area contributed by atoms with Crippen molar-refractivity contribution in [2.45, 2.75) is 0 Å². The van der Waals surface area contributed by atoms with Gasteiger partial charge >= 0.3 is 26.7 Å². The summed E-state index contributed by atoms with van der Waals surface area (Å²) < 4.78 is 8.88. The number of phosphoric acid groups is 1. The van der Waals surface area contributed by atoms with Gasteiger partial charge in [-0.1, -0.05) is 0 Å². The van der Waals surface area contributed by atoms with Crippen LogP contribution in [-0.4, -0.2) is 33.5 Å². The summed E-state index contributed by atoms with van der Waals surface area (Å²) in [5.74, 6) is 0. The fraction of sp³-hybridized carbons (Fsp3) is 0. The van der Waals surface area contributed by atoms with Gasteiger partial charge < -0.3 is 14.7 Å². The number of hydrogen-bond donors (Lipinski definition) is 3. The van der Waals surface area contributed by atoms with Crippen LogP contribution in [0.2, 0.25) is 0 Å². The minimum atomic E-state index is -4.64. The van der Waals surface area contributed by atoms with Crippen molar-refractivity contribution >= 4 is 52.6 Å². The average molecular weight is 176 g/mol. The predicted molar refractivity (Wildman–Crippen MR) is 39.0 cm³/mol. The first-order chi connectivity index (χ1) is 2.00. The minimum absolute atomic E-state index is 0. The van der Waals surface area contributed by atoms with E-state index in [1.165, 1.54) is 0 Å². The van der Waals surface area contributed by atoms with E-state index in [0.29, 0.717) is 0 Å². The monoisotopic (exact) mass is 176 g/mol. The Morgan fingerprint density at radius 1 is 1.12 bits per heavy atom. The van der Waals surface area contributed by atoms with Gasteiger partial charge in [-0.3, -0.25) is 0 Å². The summed E-state index contributed by atoms with van der Waals surface area (Å²) >= 11 is 0. The number of hydrogen-bond acceptors (Lipinski definition) is 1. The Labute approximate surface area is 72.0 Å². The zero-order chi connectivity index (χ0) is 4.50. The first-order valence-corrected chi connectivity index (χ1v) is 2.35. The Kier molecular flexibility index (Phi) is 23.8. The topological polar surface area (TPSA) is 77.8 Å². The van der Waals surface area contributed by atoms with Gasteiger partial charge in [0.05, 0.1) is 0 Å². The van der Waals surface area contributed by atoms with Crippen LogP contribution in [0.5, 0.6) is 0 Å². The van der Waals surface area contributed by atoms with E-state index in [0.717, 1.165) is 0 Å². The molecule has 0 aromatic rings. The molecule has 0 spiro atoms. The van der Waals surface area contributed by atoms with Crippen LogP contribution >= 0.6 is 33.7 Å². The van der Waals surface area contributed by atoms with Crippen LogP contribution in [0.1, 0.15) is 0 Å². The summed E-state index contributed by atoms with van der Waals surface area (Å²) in [6.45, 7) is 0. The standard InChI is InChI=1S/ClH.Li.H3O4P.H2S.H/c;;1-5(2,3)4;;/h1H;;(H3,1,2,3,4);1H2;. The molecule has 0 aliphatic rings. The second-order valence-corrected chi connectivity index (χ2v) is 1.54. The molecule has 3 N–H and O–H groups in total. The maximum absolute atomic E-state index is 8.88. The summed E-state index contributed by atoms with van der Waals surface area (Å²) in [5, 5.41) is 0.